The number of hydrogen-bond acceptors (Lipinski definition) is 5. The second-order valence-electron chi connectivity index (χ2n) is 4.96. The van der Waals surface area contributed by atoms with Crippen LogP contribution >= 0.6 is 11.8 Å². The molecule has 1 atom stereocenters. The molecular formula is C15H23NO4S. The molecule has 1 aromatic carbocycles. The lowest BCUT2D eigenvalue weighted by Gasteiger charge is -2.20. The quantitative estimate of drug-likeness (QED) is 0.719. The predicted molar refractivity (Wildman–Crippen MR) is 84.4 cm³/mol. The van der Waals surface area contributed by atoms with Gasteiger partial charge in [0.2, 0.25) is 0 Å². The van der Waals surface area contributed by atoms with E-state index in [9.17, 15) is 9.90 Å². The first-order chi connectivity index (χ1) is 9.94. The normalized spacial score (nSPS) is 12.3. The van der Waals surface area contributed by atoms with Crippen molar-refractivity contribution in [1.29, 1.82) is 0 Å². The number of methoxy groups -OCH3 is 2. The standard InChI is InChI=1S/C15H23NO4S/c1-9(2)14(15(17)18)16-8-10-6-11(19-3)12(20-4)7-13(10)21-5/h6-7,9,14,16H,8H2,1-5H3,(H,17,18). The summed E-state index contributed by atoms with van der Waals surface area (Å²) in [5.74, 6) is 0.490. The van der Waals surface area contributed by atoms with Gasteiger partial charge in [-0.2, -0.15) is 0 Å². The van der Waals surface area contributed by atoms with E-state index in [2.05, 4.69) is 5.32 Å². The fraction of sp³-hybridized carbons (Fsp3) is 0.533. The molecule has 1 aromatic rings. The number of benzene rings is 1. The maximum Gasteiger partial charge on any atom is 0.320 e. The Hall–Kier alpha value is -1.40. The molecular weight excluding hydrogens is 290 g/mol. The fourth-order valence-electron chi connectivity index (χ4n) is 2.06. The summed E-state index contributed by atoms with van der Waals surface area (Å²) in [7, 11) is 3.18. The van der Waals surface area contributed by atoms with E-state index in [-0.39, 0.29) is 5.92 Å². The Morgan fingerprint density at radius 2 is 1.86 bits per heavy atom. The Morgan fingerprint density at radius 1 is 1.29 bits per heavy atom. The van der Waals surface area contributed by atoms with E-state index < -0.39 is 12.0 Å². The minimum Gasteiger partial charge on any atom is -0.493 e. The van der Waals surface area contributed by atoms with Crippen LogP contribution in [0.2, 0.25) is 0 Å². The molecule has 0 fully saturated rings. The number of ether oxygens (including phenoxy) is 2. The molecule has 21 heavy (non-hydrogen) atoms. The van der Waals surface area contributed by atoms with Crippen LogP contribution in [0.15, 0.2) is 17.0 Å². The first-order valence-electron chi connectivity index (χ1n) is 6.69. The van der Waals surface area contributed by atoms with Crippen LogP contribution in [0.3, 0.4) is 0 Å². The number of hydrogen-bond donors (Lipinski definition) is 2. The summed E-state index contributed by atoms with van der Waals surface area (Å²) in [4.78, 5) is 12.3. The van der Waals surface area contributed by atoms with Gasteiger partial charge in [-0.3, -0.25) is 4.79 Å². The van der Waals surface area contributed by atoms with E-state index in [1.807, 2.05) is 32.2 Å². The average Bonchev–Trinajstić information content (AvgIpc) is 2.45. The van der Waals surface area contributed by atoms with Gasteiger partial charge in [-0.15, -0.1) is 11.8 Å². The van der Waals surface area contributed by atoms with Crippen LogP contribution in [-0.4, -0.2) is 37.6 Å². The summed E-state index contributed by atoms with van der Waals surface area (Å²) in [6.07, 6.45) is 1.97. The average molecular weight is 313 g/mol. The lowest BCUT2D eigenvalue weighted by molar-refractivity contribution is -0.140. The molecule has 0 aliphatic carbocycles. The second kappa shape index (κ2) is 8.14. The largest absolute Gasteiger partial charge is 0.493 e. The van der Waals surface area contributed by atoms with Gasteiger partial charge in [0.1, 0.15) is 6.04 Å². The molecule has 6 heteroatoms. The summed E-state index contributed by atoms with van der Waals surface area (Å²) in [6, 6.07) is 3.22. The maximum absolute atomic E-state index is 11.2. The van der Waals surface area contributed by atoms with Gasteiger partial charge in [0.25, 0.3) is 0 Å². The first-order valence-corrected chi connectivity index (χ1v) is 7.92. The highest BCUT2D eigenvalue weighted by atomic mass is 32.2. The predicted octanol–water partition coefficient (Wildman–Crippen LogP) is 2.62. The molecule has 0 saturated heterocycles. The van der Waals surface area contributed by atoms with Crippen LogP contribution in [0, 0.1) is 5.92 Å². The topological polar surface area (TPSA) is 67.8 Å². The summed E-state index contributed by atoms with van der Waals surface area (Å²) >= 11 is 1.59. The van der Waals surface area contributed by atoms with Crippen molar-refractivity contribution in [2.45, 2.75) is 31.3 Å². The van der Waals surface area contributed by atoms with Crippen molar-refractivity contribution in [1.82, 2.24) is 5.32 Å². The molecule has 5 nitrogen and oxygen atoms in total. The van der Waals surface area contributed by atoms with E-state index in [4.69, 9.17) is 9.47 Å². The number of aliphatic carboxylic acids is 1. The van der Waals surface area contributed by atoms with Gasteiger partial charge in [0.05, 0.1) is 14.2 Å². The molecule has 118 valence electrons. The van der Waals surface area contributed by atoms with Crippen LogP contribution in [-0.2, 0) is 11.3 Å². The van der Waals surface area contributed by atoms with Crippen molar-refractivity contribution in [3.63, 3.8) is 0 Å². The monoisotopic (exact) mass is 313 g/mol. The van der Waals surface area contributed by atoms with Gasteiger partial charge in [0.15, 0.2) is 11.5 Å². The molecule has 1 rings (SSSR count). The molecule has 0 aliphatic rings. The Kier molecular flexibility index (Phi) is 6.84. The third kappa shape index (κ3) is 4.54. The summed E-state index contributed by atoms with van der Waals surface area (Å²) < 4.78 is 10.6. The minimum atomic E-state index is -0.837. The molecule has 0 amide bonds. The summed E-state index contributed by atoms with van der Waals surface area (Å²) in [5.41, 5.74) is 0.993. The van der Waals surface area contributed by atoms with E-state index in [1.54, 1.807) is 26.0 Å². The Bertz CT molecular complexity index is 491. The molecule has 0 spiro atoms. The zero-order valence-corrected chi connectivity index (χ0v) is 13.9. The van der Waals surface area contributed by atoms with Gasteiger partial charge in [-0.05, 0) is 29.9 Å². The molecule has 1 unspecified atom stereocenters. The van der Waals surface area contributed by atoms with Crippen LogP contribution in [0.4, 0.5) is 0 Å². The molecule has 0 heterocycles. The highest BCUT2D eigenvalue weighted by Crippen LogP contribution is 2.34. The van der Waals surface area contributed by atoms with Crippen LogP contribution < -0.4 is 14.8 Å². The maximum atomic E-state index is 11.2. The van der Waals surface area contributed by atoms with E-state index in [1.165, 1.54) is 0 Å². The van der Waals surface area contributed by atoms with Gasteiger partial charge in [-0.25, -0.2) is 0 Å². The van der Waals surface area contributed by atoms with Crippen molar-refractivity contribution in [3.05, 3.63) is 17.7 Å². The third-order valence-electron chi connectivity index (χ3n) is 3.23. The number of thioether (sulfide) groups is 1. The van der Waals surface area contributed by atoms with Crippen molar-refractivity contribution < 1.29 is 19.4 Å². The van der Waals surface area contributed by atoms with Crippen molar-refractivity contribution in [3.8, 4) is 11.5 Å². The Morgan fingerprint density at radius 3 is 2.29 bits per heavy atom. The number of carboxylic acids is 1. The third-order valence-corrected chi connectivity index (χ3v) is 4.05. The smallest absolute Gasteiger partial charge is 0.320 e. The highest BCUT2D eigenvalue weighted by Gasteiger charge is 2.21. The van der Waals surface area contributed by atoms with E-state index >= 15 is 0 Å². The zero-order chi connectivity index (χ0) is 16.0. The molecule has 0 bridgehead atoms. The van der Waals surface area contributed by atoms with Crippen LogP contribution in [0.25, 0.3) is 0 Å². The van der Waals surface area contributed by atoms with Gasteiger partial charge in [-0.1, -0.05) is 13.8 Å². The zero-order valence-electron chi connectivity index (χ0n) is 13.1. The number of carbonyl (C=O) groups is 1. The lowest BCUT2D eigenvalue weighted by Crippen LogP contribution is -2.40. The molecule has 2 N–H and O–H groups in total. The Labute approximate surface area is 130 Å². The van der Waals surface area contributed by atoms with Crippen molar-refractivity contribution in [2.24, 2.45) is 5.92 Å². The molecule has 0 radical (unpaired) electrons. The van der Waals surface area contributed by atoms with E-state index in [0.29, 0.717) is 18.0 Å². The summed E-state index contributed by atoms with van der Waals surface area (Å²) in [6.45, 7) is 4.23. The summed E-state index contributed by atoms with van der Waals surface area (Å²) in [5, 5.41) is 12.3. The number of nitrogens with one attached hydrogen (secondary N) is 1. The first kappa shape index (κ1) is 17.7. The number of carboxylic acid groups (broad SMARTS) is 1. The SMILES string of the molecule is COc1cc(CNC(C(=O)O)C(C)C)c(SC)cc1OC. The number of rotatable bonds is 8. The van der Waals surface area contributed by atoms with Crippen LogP contribution in [0.1, 0.15) is 19.4 Å². The van der Waals surface area contributed by atoms with Gasteiger partial charge in [0, 0.05) is 11.4 Å². The Balaban J connectivity index is 2.98. The fourth-order valence-corrected chi connectivity index (χ4v) is 2.68. The lowest BCUT2D eigenvalue weighted by atomic mass is 10.0. The second-order valence-corrected chi connectivity index (χ2v) is 5.81. The van der Waals surface area contributed by atoms with Crippen molar-refractivity contribution >= 4 is 17.7 Å². The highest BCUT2D eigenvalue weighted by molar-refractivity contribution is 7.98. The van der Waals surface area contributed by atoms with Crippen molar-refractivity contribution in [2.75, 3.05) is 20.5 Å². The molecule has 0 aliphatic heterocycles. The molecule has 0 saturated carbocycles. The van der Waals surface area contributed by atoms with Crippen LogP contribution in [0.5, 0.6) is 11.5 Å². The van der Waals surface area contributed by atoms with Gasteiger partial charge >= 0.3 is 5.97 Å². The van der Waals surface area contributed by atoms with E-state index in [0.717, 1.165) is 10.5 Å². The minimum absolute atomic E-state index is 0.0142. The molecule has 0 aromatic heterocycles. The van der Waals surface area contributed by atoms with Gasteiger partial charge < -0.3 is 19.9 Å².